The maximum atomic E-state index is 11.2. The topological polar surface area (TPSA) is 26.3 Å². The number of esters is 1. The monoisotopic (exact) mass is 342 g/mol. The molecule has 0 aromatic rings. The lowest BCUT2D eigenvalue weighted by Gasteiger charge is -2.07. The van der Waals surface area contributed by atoms with Crippen molar-refractivity contribution < 1.29 is 9.53 Å². The third kappa shape index (κ3) is 9.36. The van der Waals surface area contributed by atoms with Crippen molar-refractivity contribution >= 4 is 37.8 Å². The average molecular weight is 344 g/mol. The van der Waals surface area contributed by atoms with Crippen molar-refractivity contribution in [2.45, 2.75) is 50.3 Å². The van der Waals surface area contributed by atoms with Crippen molar-refractivity contribution in [3.05, 3.63) is 0 Å². The minimum absolute atomic E-state index is 0.166. The van der Waals surface area contributed by atoms with E-state index >= 15 is 0 Å². The number of ether oxygens (including phenoxy) is 1. The summed E-state index contributed by atoms with van der Waals surface area (Å²) in [7, 11) is 0. The summed E-state index contributed by atoms with van der Waals surface area (Å²) in [5.41, 5.74) is 0. The molecule has 0 bridgehead atoms. The fourth-order valence-electron chi connectivity index (χ4n) is 1.21. The Morgan fingerprint density at radius 3 is 2.40 bits per heavy atom. The number of unbranched alkanes of at least 4 members (excludes halogenated alkanes) is 5. The molecular formula is C11H20Br2O2. The van der Waals surface area contributed by atoms with Gasteiger partial charge in [0.1, 0.15) is 4.83 Å². The predicted octanol–water partition coefficient (Wildman–Crippen LogP) is 4.05. The highest BCUT2D eigenvalue weighted by Gasteiger charge is 2.13. The second kappa shape index (κ2) is 10.9. The molecular weight excluding hydrogens is 324 g/mol. The van der Waals surface area contributed by atoms with Crippen molar-refractivity contribution in [3.8, 4) is 0 Å². The standard InChI is InChI=1S/C11H20Br2O2/c1-2-3-4-5-6-7-8-15-11(14)10(13)9-12/h10H,2-9H2,1H3/t10-/m0/s1. The molecule has 0 saturated carbocycles. The van der Waals surface area contributed by atoms with E-state index in [0.29, 0.717) is 11.9 Å². The zero-order chi connectivity index (χ0) is 11.5. The molecule has 2 nitrogen and oxygen atoms in total. The predicted molar refractivity (Wildman–Crippen MR) is 70.8 cm³/mol. The van der Waals surface area contributed by atoms with E-state index in [9.17, 15) is 4.79 Å². The Morgan fingerprint density at radius 2 is 1.80 bits per heavy atom. The summed E-state index contributed by atoms with van der Waals surface area (Å²) in [6.07, 6.45) is 7.28. The minimum Gasteiger partial charge on any atom is -0.465 e. The van der Waals surface area contributed by atoms with E-state index < -0.39 is 0 Å². The molecule has 0 aromatic heterocycles. The van der Waals surface area contributed by atoms with Crippen LogP contribution in [0, 0.1) is 0 Å². The molecule has 0 amide bonds. The van der Waals surface area contributed by atoms with Crippen molar-refractivity contribution in [2.24, 2.45) is 0 Å². The van der Waals surface area contributed by atoms with Crippen LogP contribution in [0.2, 0.25) is 0 Å². The number of rotatable bonds is 9. The molecule has 0 aliphatic carbocycles. The maximum absolute atomic E-state index is 11.2. The van der Waals surface area contributed by atoms with Crippen LogP contribution in [0.25, 0.3) is 0 Å². The van der Waals surface area contributed by atoms with Gasteiger partial charge < -0.3 is 4.74 Å². The van der Waals surface area contributed by atoms with Crippen molar-refractivity contribution in [2.75, 3.05) is 11.9 Å². The number of hydrogen-bond acceptors (Lipinski definition) is 2. The first-order chi connectivity index (χ1) is 7.22. The molecule has 4 heteroatoms. The lowest BCUT2D eigenvalue weighted by molar-refractivity contribution is -0.142. The number of hydrogen-bond donors (Lipinski definition) is 0. The fourth-order valence-corrected chi connectivity index (χ4v) is 1.61. The average Bonchev–Trinajstić information content (AvgIpc) is 2.26. The lowest BCUT2D eigenvalue weighted by atomic mass is 10.1. The molecule has 15 heavy (non-hydrogen) atoms. The van der Waals surface area contributed by atoms with Crippen molar-refractivity contribution in [1.82, 2.24) is 0 Å². The van der Waals surface area contributed by atoms with Crippen molar-refractivity contribution in [1.29, 1.82) is 0 Å². The molecule has 0 spiro atoms. The highest BCUT2D eigenvalue weighted by molar-refractivity contribution is 9.12. The largest absolute Gasteiger partial charge is 0.465 e. The van der Waals surface area contributed by atoms with Gasteiger partial charge in [0.05, 0.1) is 6.61 Å². The number of halogens is 2. The van der Waals surface area contributed by atoms with Crippen LogP contribution in [-0.2, 0) is 9.53 Å². The van der Waals surface area contributed by atoms with Crippen LogP contribution < -0.4 is 0 Å². The quantitative estimate of drug-likeness (QED) is 0.358. The van der Waals surface area contributed by atoms with Crippen LogP contribution in [0.3, 0.4) is 0 Å². The number of carbonyl (C=O) groups excluding carboxylic acids is 1. The Balaban J connectivity index is 3.20. The molecule has 90 valence electrons. The second-order valence-corrected chi connectivity index (χ2v) is 5.31. The maximum Gasteiger partial charge on any atom is 0.320 e. The molecule has 0 aliphatic rings. The van der Waals surface area contributed by atoms with E-state index in [2.05, 4.69) is 38.8 Å². The van der Waals surface area contributed by atoms with Crippen LogP contribution in [-0.4, -0.2) is 22.7 Å². The first-order valence-electron chi connectivity index (χ1n) is 5.59. The van der Waals surface area contributed by atoms with E-state index in [1.807, 2.05) is 0 Å². The van der Waals surface area contributed by atoms with Gasteiger partial charge in [-0.1, -0.05) is 70.9 Å². The molecule has 0 heterocycles. The molecule has 0 saturated heterocycles. The molecule has 0 unspecified atom stereocenters. The zero-order valence-electron chi connectivity index (χ0n) is 9.31. The van der Waals surface area contributed by atoms with E-state index in [0.717, 1.165) is 12.8 Å². The molecule has 0 aliphatic heterocycles. The van der Waals surface area contributed by atoms with Gasteiger partial charge in [0.25, 0.3) is 0 Å². The Morgan fingerprint density at radius 1 is 1.20 bits per heavy atom. The van der Waals surface area contributed by atoms with E-state index in [1.165, 1.54) is 25.7 Å². The van der Waals surface area contributed by atoms with Gasteiger partial charge in [-0.15, -0.1) is 0 Å². The van der Waals surface area contributed by atoms with Crippen LogP contribution in [0.5, 0.6) is 0 Å². The fraction of sp³-hybridized carbons (Fsp3) is 0.909. The van der Waals surface area contributed by atoms with Crippen molar-refractivity contribution in [3.63, 3.8) is 0 Å². The molecule has 0 fully saturated rings. The zero-order valence-corrected chi connectivity index (χ0v) is 12.5. The van der Waals surface area contributed by atoms with E-state index in [1.54, 1.807) is 0 Å². The summed E-state index contributed by atoms with van der Waals surface area (Å²) in [6, 6.07) is 0. The SMILES string of the molecule is CCCCCCCCOC(=O)[C@@H](Br)CBr. The van der Waals surface area contributed by atoms with Gasteiger partial charge >= 0.3 is 5.97 Å². The number of alkyl halides is 2. The normalized spacial score (nSPS) is 12.5. The van der Waals surface area contributed by atoms with Gasteiger partial charge in [-0.2, -0.15) is 0 Å². The summed E-state index contributed by atoms with van der Waals surface area (Å²) in [6.45, 7) is 2.76. The Kier molecular flexibility index (Phi) is 11.2. The van der Waals surface area contributed by atoms with Gasteiger partial charge in [-0.3, -0.25) is 4.79 Å². The highest BCUT2D eigenvalue weighted by Crippen LogP contribution is 2.08. The van der Waals surface area contributed by atoms with Gasteiger partial charge in [0.15, 0.2) is 0 Å². The molecule has 0 radical (unpaired) electrons. The van der Waals surface area contributed by atoms with Crippen LogP contribution in [0.1, 0.15) is 45.4 Å². The summed E-state index contributed by atoms with van der Waals surface area (Å²) in [5.74, 6) is -0.166. The molecule has 0 N–H and O–H groups in total. The van der Waals surface area contributed by atoms with E-state index in [4.69, 9.17) is 4.74 Å². The Labute approximate surface area is 109 Å². The van der Waals surface area contributed by atoms with Gasteiger partial charge in [0, 0.05) is 5.33 Å². The minimum atomic E-state index is -0.211. The van der Waals surface area contributed by atoms with Crippen LogP contribution >= 0.6 is 31.9 Å². The Hall–Kier alpha value is 0.430. The summed E-state index contributed by atoms with van der Waals surface area (Å²) >= 11 is 6.44. The highest BCUT2D eigenvalue weighted by atomic mass is 79.9. The van der Waals surface area contributed by atoms with Crippen LogP contribution in [0.4, 0.5) is 0 Å². The van der Waals surface area contributed by atoms with E-state index in [-0.39, 0.29) is 10.8 Å². The first-order valence-corrected chi connectivity index (χ1v) is 7.62. The summed E-state index contributed by atoms with van der Waals surface area (Å²) < 4.78 is 5.09. The van der Waals surface area contributed by atoms with Gasteiger partial charge in [-0.05, 0) is 6.42 Å². The number of carbonyl (C=O) groups is 1. The Bertz CT molecular complexity index is 163. The molecule has 0 aromatic carbocycles. The van der Waals surface area contributed by atoms with Gasteiger partial charge in [0.2, 0.25) is 0 Å². The molecule has 0 rings (SSSR count). The summed E-state index contributed by atoms with van der Waals surface area (Å²) in [5, 5.41) is 0.600. The molecule has 1 atom stereocenters. The third-order valence-corrected chi connectivity index (χ3v) is 4.35. The summed E-state index contributed by atoms with van der Waals surface area (Å²) in [4.78, 5) is 11.0. The second-order valence-electron chi connectivity index (χ2n) is 3.56. The third-order valence-electron chi connectivity index (χ3n) is 2.13. The lowest BCUT2D eigenvalue weighted by Crippen LogP contribution is -2.19. The van der Waals surface area contributed by atoms with Gasteiger partial charge in [-0.25, -0.2) is 0 Å². The first kappa shape index (κ1) is 15.4. The smallest absolute Gasteiger partial charge is 0.320 e. The van der Waals surface area contributed by atoms with Crippen LogP contribution in [0.15, 0.2) is 0 Å².